The second-order valence-electron chi connectivity index (χ2n) is 5.48. The van der Waals surface area contributed by atoms with Crippen molar-refractivity contribution in [3.63, 3.8) is 0 Å². The zero-order valence-electron chi connectivity index (χ0n) is 11.1. The van der Waals surface area contributed by atoms with Crippen molar-refractivity contribution in [3.8, 4) is 0 Å². The molecule has 0 aliphatic rings. The Bertz CT molecular complexity index is 309. The minimum Gasteiger partial charge on any atom is -0.313 e. The highest BCUT2D eigenvalue weighted by Crippen LogP contribution is 2.22. The molecule has 1 N–H and O–H groups in total. The van der Waals surface area contributed by atoms with Gasteiger partial charge in [0, 0.05) is 6.54 Å². The maximum Gasteiger partial charge on any atom is 0.0205 e. The van der Waals surface area contributed by atoms with Crippen LogP contribution in [0.15, 0.2) is 24.3 Å². The highest BCUT2D eigenvalue weighted by molar-refractivity contribution is 5.28. The van der Waals surface area contributed by atoms with Crippen molar-refractivity contribution in [2.45, 2.75) is 52.5 Å². The first-order chi connectivity index (χ1) is 7.54. The summed E-state index contributed by atoms with van der Waals surface area (Å²) < 4.78 is 0. The van der Waals surface area contributed by atoms with E-state index in [0.717, 1.165) is 13.1 Å². The number of unbranched alkanes of at least 4 members (excludes halogenated alkanes) is 1. The van der Waals surface area contributed by atoms with Gasteiger partial charge in [0.25, 0.3) is 0 Å². The molecule has 0 saturated carbocycles. The van der Waals surface area contributed by atoms with Crippen molar-refractivity contribution in [2.75, 3.05) is 6.54 Å². The van der Waals surface area contributed by atoms with E-state index in [0.29, 0.717) is 0 Å². The van der Waals surface area contributed by atoms with Gasteiger partial charge in [-0.15, -0.1) is 0 Å². The molecule has 0 aliphatic carbocycles. The smallest absolute Gasteiger partial charge is 0.0205 e. The van der Waals surface area contributed by atoms with E-state index in [2.05, 4.69) is 57.3 Å². The zero-order chi connectivity index (χ0) is 12.0. The summed E-state index contributed by atoms with van der Waals surface area (Å²) in [5.41, 5.74) is 3.06. The van der Waals surface area contributed by atoms with E-state index in [-0.39, 0.29) is 5.41 Å². The van der Waals surface area contributed by atoms with Crippen molar-refractivity contribution in [2.24, 2.45) is 0 Å². The Kier molecular flexibility index (Phi) is 5.01. The fourth-order valence-electron chi connectivity index (χ4n) is 1.68. The molecule has 90 valence electrons. The van der Waals surface area contributed by atoms with E-state index in [4.69, 9.17) is 0 Å². The Balaban J connectivity index is 2.54. The maximum absolute atomic E-state index is 3.48. The summed E-state index contributed by atoms with van der Waals surface area (Å²) in [4.78, 5) is 0. The predicted octanol–water partition coefficient (Wildman–Crippen LogP) is 3.87. The molecule has 0 fully saturated rings. The fraction of sp³-hybridized carbons (Fsp3) is 0.600. The molecule has 0 saturated heterocycles. The van der Waals surface area contributed by atoms with Gasteiger partial charge in [-0.25, -0.2) is 0 Å². The normalized spacial score (nSPS) is 11.8. The Morgan fingerprint density at radius 2 is 1.94 bits per heavy atom. The Labute approximate surface area is 100 Å². The molecular weight excluding hydrogens is 194 g/mol. The number of nitrogens with one attached hydrogen (secondary N) is 1. The van der Waals surface area contributed by atoms with Crippen molar-refractivity contribution in [1.29, 1.82) is 0 Å². The van der Waals surface area contributed by atoms with Gasteiger partial charge >= 0.3 is 0 Å². The van der Waals surface area contributed by atoms with Crippen LogP contribution in [0, 0.1) is 0 Å². The number of hydrogen-bond acceptors (Lipinski definition) is 1. The van der Waals surface area contributed by atoms with Gasteiger partial charge in [0.1, 0.15) is 0 Å². The summed E-state index contributed by atoms with van der Waals surface area (Å²) in [5, 5.41) is 3.48. The summed E-state index contributed by atoms with van der Waals surface area (Å²) >= 11 is 0. The molecule has 0 aromatic heterocycles. The molecule has 0 spiro atoms. The third-order valence-electron chi connectivity index (χ3n) is 2.83. The first-order valence-corrected chi connectivity index (χ1v) is 6.34. The fourth-order valence-corrected chi connectivity index (χ4v) is 1.68. The molecule has 1 heteroatoms. The second-order valence-corrected chi connectivity index (χ2v) is 5.48. The van der Waals surface area contributed by atoms with Crippen LogP contribution in [0.4, 0.5) is 0 Å². The average molecular weight is 219 g/mol. The largest absolute Gasteiger partial charge is 0.313 e. The van der Waals surface area contributed by atoms with E-state index < -0.39 is 0 Å². The van der Waals surface area contributed by atoms with Crippen LogP contribution in [0.1, 0.15) is 51.7 Å². The Morgan fingerprint density at radius 3 is 2.56 bits per heavy atom. The van der Waals surface area contributed by atoms with Crippen LogP contribution < -0.4 is 5.32 Å². The number of hydrogen-bond donors (Lipinski definition) is 1. The summed E-state index contributed by atoms with van der Waals surface area (Å²) in [6.45, 7) is 11.1. The van der Waals surface area contributed by atoms with Gasteiger partial charge in [-0.3, -0.25) is 0 Å². The van der Waals surface area contributed by atoms with Crippen molar-refractivity contribution in [3.05, 3.63) is 35.4 Å². The van der Waals surface area contributed by atoms with Gasteiger partial charge in [0.05, 0.1) is 0 Å². The third kappa shape index (κ3) is 4.36. The van der Waals surface area contributed by atoms with Crippen LogP contribution in [-0.2, 0) is 12.0 Å². The lowest BCUT2D eigenvalue weighted by Gasteiger charge is -2.19. The molecule has 0 heterocycles. The van der Waals surface area contributed by atoms with Gasteiger partial charge in [-0.05, 0) is 29.5 Å². The van der Waals surface area contributed by atoms with Crippen LogP contribution >= 0.6 is 0 Å². The first-order valence-electron chi connectivity index (χ1n) is 6.34. The van der Waals surface area contributed by atoms with Crippen LogP contribution in [0.5, 0.6) is 0 Å². The van der Waals surface area contributed by atoms with Crippen LogP contribution in [0.25, 0.3) is 0 Å². The highest BCUT2D eigenvalue weighted by Gasteiger charge is 2.13. The van der Waals surface area contributed by atoms with Gasteiger partial charge in [0.15, 0.2) is 0 Å². The van der Waals surface area contributed by atoms with Crippen LogP contribution in [0.2, 0.25) is 0 Å². The Morgan fingerprint density at radius 1 is 1.19 bits per heavy atom. The maximum atomic E-state index is 3.48. The lowest BCUT2D eigenvalue weighted by Crippen LogP contribution is -2.16. The van der Waals surface area contributed by atoms with Gasteiger partial charge in [0.2, 0.25) is 0 Å². The summed E-state index contributed by atoms with van der Waals surface area (Å²) in [6, 6.07) is 8.90. The Hall–Kier alpha value is -0.820. The summed E-state index contributed by atoms with van der Waals surface area (Å²) in [6.07, 6.45) is 2.52. The van der Waals surface area contributed by atoms with Gasteiger partial charge < -0.3 is 5.32 Å². The van der Waals surface area contributed by atoms with Crippen LogP contribution in [0.3, 0.4) is 0 Å². The lowest BCUT2D eigenvalue weighted by molar-refractivity contribution is 0.587. The monoisotopic (exact) mass is 219 g/mol. The molecule has 16 heavy (non-hydrogen) atoms. The first kappa shape index (κ1) is 13.2. The third-order valence-corrected chi connectivity index (χ3v) is 2.83. The van der Waals surface area contributed by atoms with E-state index in [1.807, 2.05) is 0 Å². The molecule has 1 aromatic carbocycles. The quantitative estimate of drug-likeness (QED) is 0.741. The molecule has 0 atom stereocenters. The molecule has 1 nitrogen and oxygen atoms in total. The molecule has 0 amide bonds. The van der Waals surface area contributed by atoms with Crippen molar-refractivity contribution >= 4 is 0 Å². The molecular formula is C15H25N. The van der Waals surface area contributed by atoms with E-state index in [1.165, 1.54) is 24.0 Å². The predicted molar refractivity (Wildman–Crippen MR) is 71.8 cm³/mol. The average Bonchev–Trinajstić information content (AvgIpc) is 2.24. The van der Waals surface area contributed by atoms with E-state index >= 15 is 0 Å². The standard InChI is InChI=1S/C15H25N/c1-5-6-10-16-12-13-8-7-9-14(11-13)15(2,3)4/h7-9,11,16H,5-6,10,12H2,1-4H3. The molecule has 1 rings (SSSR count). The van der Waals surface area contributed by atoms with Gasteiger partial charge in [-0.1, -0.05) is 58.4 Å². The second kappa shape index (κ2) is 6.05. The van der Waals surface area contributed by atoms with Crippen molar-refractivity contribution < 1.29 is 0 Å². The van der Waals surface area contributed by atoms with Crippen LogP contribution in [-0.4, -0.2) is 6.54 Å². The zero-order valence-corrected chi connectivity index (χ0v) is 11.1. The number of benzene rings is 1. The van der Waals surface area contributed by atoms with E-state index in [9.17, 15) is 0 Å². The highest BCUT2D eigenvalue weighted by atomic mass is 14.8. The lowest BCUT2D eigenvalue weighted by atomic mass is 9.86. The molecule has 1 aromatic rings. The minimum absolute atomic E-state index is 0.249. The molecule has 0 aliphatic heterocycles. The van der Waals surface area contributed by atoms with Crippen molar-refractivity contribution in [1.82, 2.24) is 5.32 Å². The van der Waals surface area contributed by atoms with Gasteiger partial charge in [-0.2, -0.15) is 0 Å². The summed E-state index contributed by atoms with van der Waals surface area (Å²) in [7, 11) is 0. The topological polar surface area (TPSA) is 12.0 Å². The SMILES string of the molecule is CCCCNCc1cccc(C(C)(C)C)c1. The van der Waals surface area contributed by atoms with E-state index in [1.54, 1.807) is 0 Å². The molecule has 0 radical (unpaired) electrons. The number of rotatable bonds is 5. The minimum atomic E-state index is 0.249. The molecule has 0 bridgehead atoms. The molecule has 0 unspecified atom stereocenters. The summed E-state index contributed by atoms with van der Waals surface area (Å²) in [5.74, 6) is 0.